The summed E-state index contributed by atoms with van der Waals surface area (Å²) >= 11 is 0. The van der Waals surface area contributed by atoms with Crippen molar-refractivity contribution in [2.75, 3.05) is 18.5 Å². The van der Waals surface area contributed by atoms with E-state index in [1.165, 1.54) is 0 Å². The molecule has 0 bridgehead atoms. The van der Waals surface area contributed by atoms with Crippen molar-refractivity contribution in [3.63, 3.8) is 0 Å². The van der Waals surface area contributed by atoms with Crippen LogP contribution in [0.4, 0.5) is 5.69 Å². The zero-order chi connectivity index (χ0) is 17.4. The molecule has 0 saturated carbocycles. The predicted octanol–water partition coefficient (Wildman–Crippen LogP) is 2.25. The van der Waals surface area contributed by atoms with Crippen molar-refractivity contribution < 1.29 is 19.1 Å². The third kappa shape index (κ3) is 2.76. The Morgan fingerprint density at radius 1 is 1.08 bits per heavy atom. The summed E-state index contributed by atoms with van der Waals surface area (Å²) in [5.41, 5.74) is 2.55. The minimum absolute atomic E-state index is 0.0546. The maximum Gasteiger partial charge on any atom is 0.261 e. The van der Waals surface area contributed by atoms with E-state index in [4.69, 9.17) is 4.74 Å². The van der Waals surface area contributed by atoms with E-state index in [0.717, 1.165) is 22.6 Å². The molecule has 0 aromatic heterocycles. The van der Waals surface area contributed by atoms with Crippen LogP contribution >= 0.6 is 0 Å². The Hall–Kier alpha value is -3.15. The Morgan fingerprint density at radius 2 is 1.80 bits per heavy atom. The van der Waals surface area contributed by atoms with Crippen LogP contribution < -0.4 is 10.1 Å². The van der Waals surface area contributed by atoms with Gasteiger partial charge in [0.1, 0.15) is 5.75 Å². The topological polar surface area (TPSA) is 75.7 Å². The van der Waals surface area contributed by atoms with E-state index < -0.39 is 0 Å². The number of carbonyl (C=O) groups excluding carboxylic acids is 3. The van der Waals surface area contributed by atoms with Gasteiger partial charge in [0.25, 0.3) is 11.8 Å². The van der Waals surface area contributed by atoms with Gasteiger partial charge in [0.2, 0.25) is 5.91 Å². The van der Waals surface area contributed by atoms with Gasteiger partial charge in [-0.2, -0.15) is 0 Å². The van der Waals surface area contributed by atoms with Crippen LogP contribution in [0.15, 0.2) is 42.5 Å². The molecular weight excluding hydrogens is 320 g/mol. The van der Waals surface area contributed by atoms with Crippen molar-refractivity contribution in [3.05, 3.63) is 59.2 Å². The molecule has 25 heavy (non-hydrogen) atoms. The first-order valence-corrected chi connectivity index (χ1v) is 8.14. The maximum absolute atomic E-state index is 12.3. The molecule has 0 unspecified atom stereocenters. The number of hydrogen-bond acceptors (Lipinski definition) is 4. The second kappa shape index (κ2) is 6.05. The number of carbonyl (C=O) groups is 3. The zero-order valence-corrected chi connectivity index (χ0v) is 13.5. The van der Waals surface area contributed by atoms with Crippen LogP contribution in [0.3, 0.4) is 0 Å². The first-order valence-electron chi connectivity index (χ1n) is 8.14. The smallest absolute Gasteiger partial charge is 0.261 e. The lowest BCUT2D eigenvalue weighted by atomic mass is 10.1. The maximum atomic E-state index is 12.3. The number of imide groups is 1. The Labute approximate surface area is 144 Å². The zero-order valence-electron chi connectivity index (χ0n) is 13.5. The fraction of sp³-hybridized carbons (Fsp3) is 0.211. The van der Waals surface area contributed by atoms with Crippen molar-refractivity contribution in [2.24, 2.45) is 0 Å². The monoisotopic (exact) mass is 336 g/mol. The standard InChI is InChI=1S/C19H16N2O4/c22-17(20-13-5-6-16-12(11-13)8-10-25-16)7-9-21-18(23)14-3-1-2-4-15(14)19(21)24/h1-6,11H,7-10H2,(H,20,22). The number of fused-ring (bicyclic) bond motifs is 2. The molecule has 2 heterocycles. The normalized spacial score (nSPS) is 15.0. The third-order valence-electron chi connectivity index (χ3n) is 4.41. The van der Waals surface area contributed by atoms with Gasteiger partial charge in [-0.3, -0.25) is 19.3 Å². The second-order valence-corrected chi connectivity index (χ2v) is 6.03. The van der Waals surface area contributed by atoms with Crippen LogP contribution in [0, 0.1) is 0 Å². The van der Waals surface area contributed by atoms with Gasteiger partial charge in [0.05, 0.1) is 17.7 Å². The molecule has 2 aliphatic rings. The summed E-state index contributed by atoms with van der Waals surface area (Å²) in [6.07, 6.45) is 0.882. The summed E-state index contributed by atoms with van der Waals surface area (Å²) in [4.78, 5) is 37.8. The van der Waals surface area contributed by atoms with Crippen LogP contribution in [0.5, 0.6) is 5.75 Å². The average molecular weight is 336 g/mol. The number of benzene rings is 2. The molecular formula is C19H16N2O4. The van der Waals surface area contributed by atoms with Gasteiger partial charge in [-0.05, 0) is 35.9 Å². The highest BCUT2D eigenvalue weighted by Gasteiger charge is 2.34. The van der Waals surface area contributed by atoms with Gasteiger partial charge in [-0.1, -0.05) is 12.1 Å². The van der Waals surface area contributed by atoms with E-state index >= 15 is 0 Å². The molecule has 2 aromatic carbocycles. The average Bonchev–Trinajstić information content (AvgIpc) is 3.17. The highest BCUT2D eigenvalue weighted by molar-refractivity contribution is 6.21. The molecule has 126 valence electrons. The number of rotatable bonds is 4. The molecule has 0 radical (unpaired) electrons. The fourth-order valence-corrected chi connectivity index (χ4v) is 3.14. The summed E-state index contributed by atoms with van der Waals surface area (Å²) in [7, 11) is 0. The SMILES string of the molecule is O=C(CCN1C(=O)c2ccccc2C1=O)Nc1ccc2c(c1)CCO2. The highest BCUT2D eigenvalue weighted by Crippen LogP contribution is 2.28. The first-order chi connectivity index (χ1) is 12.1. The molecule has 0 spiro atoms. The molecule has 6 nitrogen and oxygen atoms in total. The van der Waals surface area contributed by atoms with E-state index in [9.17, 15) is 14.4 Å². The van der Waals surface area contributed by atoms with E-state index in [1.807, 2.05) is 12.1 Å². The van der Waals surface area contributed by atoms with E-state index in [1.54, 1.807) is 30.3 Å². The van der Waals surface area contributed by atoms with Gasteiger partial charge in [0.15, 0.2) is 0 Å². The van der Waals surface area contributed by atoms with Crippen LogP contribution in [-0.4, -0.2) is 35.8 Å². The lowest BCUT2D eigenvalue weighted by molar-refractivity contribution is -0.116. The molecule has 2 aliphatic heterocycles. The summed E-state index contributed by atoms with van der Waals surface area (Å²) in [5, 5.41) is 2.80. The number of hydrogen-bond donors (Lipinski definition) is 1. The van der Waals surface area contributed by atoms with Crippen LogP contribution in [0.1, 0.15) is 32.7 Å². The molecule has 6 heteroatoms. The van der Waals surface area contributed by atoms with Gasteiger partial charge in [-0.15, -0.1) is 0 Å². The molecule has 0 aliphatic carbocycles. The van der Waals surface area contributed by atoms with Gasteiger partial charge >= 0.3 is 0 Å². The summed E-state index contributed by atoms with van der Waals surface area (Å²) in [6, 6.07) is 12.2. The second-order valence-electron chi connectivity index (χ2n) is 6.03. The number of anilines is 1. The van der Waals surface area contributed by atoms with Crippen molar-refractivity contribution in [1.29, 1.82) is 0 Å². The van der Waals surface area contributed by atoms with Gasteiger partial charge in [-0.25, -0.2) is 0 Å². The number of nitrogens with zero attached hydrogens (tertiary/aromatic N) is 1. The van der Waals surface area contributed by atoms with Gasteiger partial charge < -0.3 is 10.1 Å². The van der Waals surface area contributed by atoms with Crippen LogP contribution in [0.25, 0.3) is 0 Å². The van der Waals surface area contributed by atoms with Crippen LogP contribution in [-0.2, 0) is 11.2 Å². The quantitative estimate of drug-likeness (QED) is 0.869. The highest BCUT2D eigenvalue weighted by atomic mass is 16.5. The minimum Gasteiger partial charge on any atom is -0.493 e. The molecule has 4 rings (SSSR count). The number of nitrogens with one attached hydrogen (secondary N) is 1. The predicted molar refractivity (Wildman–Crippen MR) is 90.7 cm³/mol. The largest absolute Gasteiger partial charge is 0.493 e. The van der Waals surface area contributed by atoms with E-state index in [0.29, 0.717) is 23.4 Å². The molecule has 3 amide bonds. The summed E-state index contributed by atoms with van der Waals surface area (Å²) in [5.74, 6) is -0.0781. The Kier molecular flexibility index (Phi) is 3.72. The van der Waals surface area contributed by atoms with Crippen molar-refractivity contribution in [2.45, 2.75) is 12.8 Å². The fourth-order valence-electron chi connectivity index (χ4n) is 3.14. The third-order valence-corrected chi connectivity index (χ3v) is 4.41. The van der Waals surface area contributed by atoms with Crippen molar-refractivity contribution >= 4 is 23.4 Å². The lowest BCUT2D eigenvalue weighted by Gasteiger charge is -2.13. The van der Waals surface area contributed by atoms with Gasteiger partial charge in [0, 0.05) is 25.1 Å². The number of ether oxygens (including phenoxy) is 1. The molecule has 0 saturated heterocycles. The van der Waals surface area contributed by atoms with E-state index in [2.05, 4.69) is 5.32 Å². The molecule has 2 aromatic rings. The Bertz CT molecular complexity index is 856. The Morgan fingerprint density at radius 3 is 2.52 bits per heavy atom. The first kappa shape index (κ1) is 15.4. The molecule has 0 atom stereocenters. The van der Waals surface area contributed by atoms with Crippen molar-refractivity contribution in [1.82, 2.24) is 4.90 Å². The number of amides is 3. The summed E-state index contributed by atoms with van der Waals surface area (Å²) in [6.45, 7) is 0.721. The lowest BCUT2D eigenvalue weighted by Crippen LogP contribution is -2.32. The van der Waals surface area contributed by atoms with E-state index in [-0.39, 0.29) is 30.7 Å². The van der Waals surface area contributed by atoms with Crippen LogP contribution in [0.2, 0.25) is 0 Å². The summed E-state index contributed by atoms with van der Waals surface area (Å²) < 4.78 is 5.43. The van der Waals surface area contributed by atoms with Crippen molar-refractivity contribution in [3.8, 4) is 5.75 Å². The molecule has 1 N–H and O–H groups in total. The Balaban J connectivity index is 1.38. The minimum atomic E-state index is -0.344. The molecule has 0 fully saturated rings.